The van der Waals surface area contributed by atoms with E-state index < -0.39 is 33.1 Å². The minimum Gasteiger partial charge on any atom is -0.381 e. The van der Waals surface area contributed by atoms with Crippen LogP contribution in [0.1, 0.15) is 24.2 Å². The van der Waals surface area contributed by atoms with Gasteiger partial charge >= 0.3 is 0 Å². The molecule has 0 saturated heterocycles. The molecule has 0 bridgehead atoms. The van der Waals surface area contributed by atoms with Crippen LogP contribution in [-0.2, 0) is 14.6 Å². The summed E-state index contributed by atoms with van der Waals surface area (Å²) in [7, 11) is -4.19. The fraction of sp³-hybridized carbons (Fsp3) is 0.200. The van der Waals surface area contributed by atoms with Gasteiger partial charge in [0.05, 0.1) is 15.5 Å². The molecule has 140 valence electrons. The third-order valence-electron chi connectivity index (χ3n) is 3.21. The molecule has 0 aliphatic heterocycles. The van der Waals surface area contributed by atoms with E-state index in [2.05, 4.69) is 5.32 Å². The molecule has 7 nitrogen and oxygen atoms in total. The summed E-state index contributed by atoms with van der Waals surface area (Å²) in [5, 5.41) is 11.5. The number of amides is 2. The standard InChI is InChI=1S/C15H14ClFN2O5S2/c1-15(2,22)14(21)19-13-8(12(18)20)6-11(25-13)26(23,24)10-4-3-7(17)5-9(10)16/h3-6,22H,1-2H3,(H2,18,20)(H,19,21). The Morgan fingerprint density at radius 1 is 1.31 bits per heavy atom. The van der Waals surface area contributed by atoms with Gasteiger partial charge in [0.1, 0.15) is 20.6 Å². The van der Waals surface area contributed by atoms with Crippen molar-refractivity contribution in [3.05, 3.63) is 40.7 Å². The lowest BCUT2D eigenvalue weighted by Gasteiger charge is -2.16. The number of halogens is 2. The molecule has 1 aromatic carbocycles. The van der Waals surface area contributed by atoms with Gasteiger partial charge in [0.15, 0.2) is 0 Å². The van der Waals surface area contributed by atoms with Crippen LogP contribution in [0.5, 0.6) is 0 Å². The Labute approximate surface area is 157 Å². The lowest BCUT2D eigenvalue weighted by Crippen LogP contribution is -2.36. The Morgan fingerprint density at radius 3 is 2.42 bits per heavy atom. The van der Waals surface area contributed by atoms with Crippen LogP contribution in [0.25, 0.3) is 0 Å². The number of sulfone groups is 1. The summed E-state index contributed by atoms with van der Waals surface area (Å²) in [6.45, 7) is 2.44. The van der Waals surface area contributed by atoms with Crippen LogP contribution in [0, 0.1) is 5.82 Å². The second kappa shape index (κ2) is 6.95. The number of carbonyl (C=O) groups is 2. The number of primary amides is 1. The first-order valence-electron chi connectivity index (χ1n) is 7.01. The van der Waals surface area contributed by atoms with Gasteiger partial charge in [0.25, 0.3) is 11.8 Å². The van der Waals surface area contributed by atoms with Crippen molar-refractivity contribution >= 4 is 49.6 Å². The van der Waals surface area contributed by atoms with Gasteiger partial charge in [-0.3, -0.25) is 9.59 Å². The smallest absolute Gasteiger partial charge is 0.256 e. The largest absolute Gasteiger partial charge is 0.381 e. The molecule has 0 fully saturated rings. The second-order valence-corrected chi connectivity index (χ2v) is 9.37. The quantitative estimate of drug-likeness (QED) is 0.639. The van der Waals surface area contributed by atoms with Gasteiger partial charge in [-0.15, -0.1) is 11.3 Å². The molecule has 11 heteroatoms. The number of hydrogen-bond acceptors (Lipinski definition) is 6. The minimum absolute atomic E-state index is 0.138. The predicted octanol–water partition coefficient (Wildman–Crippen LogP) is 2.18. The van der Waals surface area contributed by atoms with E-state index in [-0.39, 0.29) is 24.7 Å². The topological polar surface area (TPSA) is 127 Å². The summed E-state index contributed by atoms with van der Waals surface area (Å²) in [6, 6.07) is 3.75. The number of carbonyl (C=O) groups excluding carboxylic acids is 2. The van der Waals surface area contributed by atoms with E-state index in [1.807, 2.05) is 0 Å². The summed E-state index contributed by atoms with van der Waals surface area (Å²) in [6.07, 6.45) is 0. The van der Waals surface area contributed by atoms with Crippen LogP contribution in [0.2, 0.25) is 5.02 Å². The first kappa shape index (κ1) is 20.3. The number of thiophene rings is 1. The zero-order valence-electron chi connectivity index (χ0n) is 13.5. The average molecular weight is 421 g/mol. The molecule has 1 aromatic heterocycles. The van der Waals surface area contributed by atoms with Crippen molar-refractivity contribution in [1.82, 2.24) is 0 Å². The number of benzene rings is 1. The zero-order chi connectivity index (χ0) is 19.9. The third-order valence-corrected chi connectivity index (χ3v) is 6.97. The van der Waals surface area contributed by atoms with Crippen molar-refractivity contribution in [2.75, 3.05) is 5.32 Å². The number of nitrogens with two attached hydrogens (primary N) is 1. The lowest BCUT2D eigenvalue weighted by atomic mass is 10.1. The SMILES string of the molecule is CC(C)(O)C(=O)Nc1sc(S(=O)(=O)c2ccc(F)cc2Cl)cc1C(N)=O. The summed E-state index contributed by atoms with van der Waals surface area (Å²) in [4.78, 5) is 23.1. The van der Waals surface area contributed by atoms with Crippen LogP contribution < -0.4 is 11.1 Å². The number of anilines is 1. The normalized spacial score (nSPS) is 12.0. The van der Waals surface area contributed by atoms with Crippen molar-refractivity contribution in [3.8, 4) is 0 Å². The highest BCUT2D eigenvalue weighted by Gasteiger charge is 2.30. The van der Waals surface area contributed by atoms with Gasteiger partial charge in [-0.25, -0.2) is 12.8 Å². The first-order valence-corrected chi connectivity index (χ1v) is 9.69. The van der Waals surface area contributed by atoms with Crippen molar-refractivity contribution in [2.45, 2.75) is 28.6 Å². The van der Waals surface area contributed by atoms with Crippen LogP contribution in [0.4, 0.5) is 9.39 Å². The van der Waals surface area contributed by atoms with Gasteiger partial charge in [-0.2, -0.15) is 0 Å². The maximum atomic E-state index is 13.2. The Kier molecular flexibility index (Phi) is 5.43. The molecule has 4 N–H and O–H groups in total. The highest BCUT2D eigenvalue weighted by Crippen LogP contribution is 2.37. The molecule has 2 rings (SSSR count). The average Bonchev–Trinajstić information content (AvgIpc) is 2.90. The monoisotopic (exact) mass is 420 g/mol. The number of rotatable bonds is 5. The summed E-state index contributed by atoms with van der Waals surface area (Å²) < 4.78 is 38.3. The van der Waals surface area contributed by atoms with E-state index in [1.54, 1.807) is 0 Å². The number of hydrogen-bond donors (Lipinski definition) is 3. The molecule has 0 saturated carbocycles. The van der Waals surface area contributed by atoms with Gasteiger partial charge < -0.3 is 16.2 Å². The molecule has 26 heavy (non-hydrogen) atoms. The fourth-order valence-corrected chi connectivity index (χ4v) is 5.11. The van der Waals surface area contributed by atoms with Crippen LogP contribution in [-0.4, -0.2) is 30.9 Å². The maximum Gasteiger partial charge on any atom is 0.256 e. The Hall–Kier alpha value is -2.01. The predicted molar refractivity (Wildman–Crippen MR) is 94.6 cm³/mol. The van der Waals surface area contributed by atoms with Gasteiger partial charge in [-0.05, 0) is 38.1 Å². The van der Waals surface area contributed by atoms with Gasteiger partial charge in [0.2, 0.25) is 9.84 Å². The molecule has 0 radical (unpaired) electrons. The van der Waals surface area contributed by atoms with E-state index in [9.17, 15) is 27.5 Å². The van der Waals surface area contributed by atoms with Crippen LogP contribution in [0.15, 0.2) is 33.4 Å². The fourth-order valence-electron chi connectivity index (χ4n) is 1.83. The Bertz CT molecular complexity index is 996. The van der Waals surface area contributed by atoms with Crippen molar-refractivity contribution in [2.24, 2.45) is 5.73 Å². The van der Waals surface area contributed by atoms with Crippen molar-refractivity contribution < 1.29 is 27.5 Å². The highest BCUT2D eigenvalue weighted by atomic mass is 35.5. The second-order valence-electron chi connectivity index (χ2n) is 5.76. The molecule has 2 aromatic rings. The van der Waals surface area contributed by atoms with E-state index >= 15 is 0 Å². The molecule has 0 spiro atoms. The zero-order valence-corrected chi connectivity index (χ0v) is 15.9. The first-order chi connectivity index (χ1) is 11.8. The van der Waals surface area contributed by atoms with Crippen molar-refractivity contribution in [3.63, 3.8) is 0 Å². The maximum absolute atomic E-state index is 13.2. The van der Waals surface area contributed by atoms with Crippen molar-refractivity contribution in [1.29, 1.82) is 0 Å². The molecule has 2 amide bonds. The molecular weight excluding hydrogens is 407 g/mol. The van der Waals surface area contributed by atoms with E-state index in [0.29, 0.717) is 11.3 Å². The summed E-state index contributed by atoms with van der Waals surface area (Å²) >= 11 is 6.37. The number of nitrogens with one attached hydrogen (secondary N) is 1. The molecule has 0 aliphatic carbocycles. The summed E-state index contributed by atoms with van der Waals surface area (Å²) in [5.74, 6) is -2.54. The van der Waals surface area contributed by atoms with E-state index in [0.717, 1.165) is 24.3 Å². The van der Waals surface area contributed by atoms with Crippen LogP contribution in [0.3, 0.4) is 0 Å². The molecule has 0 aliphatic rings. The van der Waals surface area contributed by atoms with Crippen LogP contribution >= 0.6 is 22.9 Å². The Balaban J connectivity index is 2.55. The highest BCUT2D eigenvalue weighted by molar-refractivity contribution is 7.93. The summed E-state index contributed by atoms with van der Waals surface area (Å²) in [5.41, 5.74) is 3.22. The molecular formula is C15H14ClFN2O5S2. The molecule has 1 heterocycles. The molecule has 0 atom stereocenters. The van der Waals surface area contributed by atoms with E-state index in [4.69, 9.17) is 17.3 Å². The minimum atomic E-state index is -4.19. The van der Waals surface area contributed by atoms with Gasteiger partial charge in [0, 0.05) is 0 Å². The third kappa shape index (κ3) is 4.04. The Morgan fingerprint density at radius 2 is 1.92 bits per heavy atom. The lowest BCUT2D eigenvalue weighted by molar-refractivity contribution is -0.130. The van der Waals surface area contributed by atoms with E-state index in [1.165, 1.54) is 13.8 Å². The molecule has 0 unspecified atom stereocenters. The van der Waals surface area contributed by atoms with Gasteiger partial charge in [-0.1, -0.05) is 11.6 Å². The number of aliphatic hydroxyl groups is 1.